The van der Waals surface area contributed by atoms with E-state index < -0.39 is 6.04 Å². The standard InChI is InChI=1S/C30H32N2O4/c1-3-4-5-12-28(34)32-25-10-7-6-9-23(25)31-24-18-21(20-13-15-22(35-2)16-14-20)19-26(33)29(24)30(32)27-11-8-17-36-27/h6-11,13-17,21,30-31H,3-5,12,18-19H2,1-2H3/t21-,30-/m0/s1. The first-order valence-electron chi connectivity index (χ1n) is 12.7. The van der Waals surface area contributed by atoms with Crippen LogP contribution >= 0.6 is 0 Å². The zero-order valence-corrected chi connectivity index (χ0v) is 20.8. The minimum atomic E-state index is -0.607. The fourth-order valence-corrected chi connectivity index (χ4v) is 5.34. The van der Waals surface area contributed by atoms with Gasteiger partial charge < -0.3 is 14.5 Å². The number of Topliss-reactive ketones (excluding diaryl/α,β-unsaturated/α-hetero) is 1. The Balaban J connectivity index is 1.60. The fraction of sp³-hybridized carbons (Fsp3) is 0.333. The quantitative estimate of drug-likeness (QED) is 0.375. The number of ether oxygens (including phenoxy) is 1. The van der Waals surface area contributed by atoms with Crippen molar-refractivity contribution in [3.05, 3.63) is 89.5 Å². The third kappa shape index (κ3) is 4.55. The molecule has 2 heterocycles. The summed E-state index contributed by atoms with van der Waals surface area (Å²) in [6, 6.07) is 18.8. The molecule has 2 aromatic carbocycles. The van der Waals surface area contributed by atoms with E-state index in [1.165, 1.54) is 0 Å². The van der Waals surface area contributed by atoms with Crippen molar-refractivity contribution in [2.75, 3.05) is 17.3 Å². The monoisotopic (exact) mass is 484 g/mol. The summed E-state index contributed by atoms with van der Waals surface area (Å²) >= 11 is 0. The Bertz CT molecular complexity index is 1260. The number of para-hydroxylation sites is 2. The summed E-state index contributed by atoms with van der Waals surface area (Å²) in [5.41, 5.74) is 4.16. The highest BCUT2D eigenvalue weighted by atomic mass is 16.5. The molecule has 0 spiro atoms. The summed E-state index contributed by atoms with van der Waals surface area (Å²) in [7, 11) is 1.65. The lowest BCUT2D eigenvalue weighted by atomic mass is 9.79. The van der Waals surface area contributed by atoms with Gasteiger partial charge in [0.2, 0.25) is 5.91 Å². The van der Waals surface area contributed by atoms with Gasteiger partial charge in [-0.05, 0) is 60.7 Å². The van der Waals surface area contributed by atoms with Crippen molar-refractivity contribution in [2.45, 2.75) is 57.4 Å². The number of rotatable bonds is 7. The van der Waals surface area contributed by atoms with E-state index in [0.29, 0.717) is 30.6 Å². The molecule has 5 rings (SSSR count). The fourth-order valence-electron chi connectivity index (χ4n) is 5.34. The smallest absolute Gasteiger partial charge is 0.228 e. The summed E-state index contributed by atoms with van der Waals surface area (Å²) < 4.78 is 11.2. The molecule has 0 unspecified atom stereocenters. The number of anilines is 2. The number of hydrogen-bond acceptors (Lipinski definition) is 5. The second-order valence-corrected chi connectivity index (χ2v) is 9.47. The van der Waals surface area contributed by atoms with Gasteiger partial charge >= 0.3 is 0 Å². The molecule has 1 aliphatic carbocycles. The van der Waals surface area contributed by atoms with Gasteiger partial charge in [-0.3, -0.25) is 14.5 Å². The van der Waals surface area contributed by atoms with Crippen LogP contribution < -0.4 is 15.0 Å². The van der Waals surface area contributed by atoms with Crippen molar-refractivity contribution < 1.29 is 18.7 Å². The van der Waals surface area contributed by atoms with E-state index in [2.05, 4.69) is 12.2 Å². The van der Waals surface area contributed by atoms with Crippen molar-refractivity contribution in [1.29, 1.82) is 0 Å². The molecular weight excluding hydrogens is 452 g/mol. The summed E-state index contributed by atoms with van der Waals surface area (Å²) in [6.45, 7) is 2.12. The van der Waals surface area contributed by atoms with Crippen LogP contribution in [-0.2, 0) is 9.59 Å². The molecule has 36 heavy (non-hydrogen) atoms. The Kier molecular flexibility index (Phi) is 6.94. The van der Waals surface area contributed by atoms with Gasteiger partial charge in [0.25, 0.3) is 0 Å². The predicted octanol–water partition coefficient (Wildman–Crippen LogP) is 6.77. The SMILES string of the molecule is CCCCCC(=O)N1c2ccccc2NC2=C(C(=O)C[C@@H](c3ccc(OC)cc3)C2)[C@@H]1c1ccco1. The summed E-state index contributed by atoms with van der Waals surface area (Å²) in [5, 5.41) is 3.56. The van der Waals surface area contributed by atoms with Crippen LogP contribution in [0.1, 0.15) is 68.7 Å². The first kappa shape index (κ1) is 23.9. The second-order valence-electron chi connectivity index (χ2n) is 9.47. The van der Waals surface area contributed by atoms with Crippen LogP contribution in [0.3, 0.4) is 0 Å². The Morgan fingerprint density at radius 3 is 2.58 bits per heavy atom. The molecule has 0 saturated heterocycles. The first-order valence-corrected chi connectivity index (χ1v) is 12.7. The first-order chi connectivity index (χ1) is 17.6. The van der Waals surface area contributed by atoms with Crippen LogP contribution in [0.25, 0.3) is 0 Å². The number of allylic oxidation sites excluding steroid dienone is 1. The lowest BCUT2D eigenvalue weighted by molar-refractivity contribution is -0.119. The van der Waals surface area contributed by atoms with Crippen molar-refractivity contribution >= 4 is 23.1 Å². The molecule has 0 saturated carbocycles. The molecule has 1 amide bonds. The third-order valence-corrected chi connectivity index (χ3v) is 7.15. The Hall–Kier alpha value is -3.80. The Labute approximate surface area is 211 Å². The van der Waals surface area contributed by atoms with Crippen molar-refractivity contribution in [3.8, 4) is 5.75 Å². The minimum Gasteiger partial charge on any atom is -0.497 e. The van der Waals surface area contributed by atoms with Crippen LogP contribution in [0.2, 0.25) is 0 Å². The molecule has 1 aliphatic heterocycles. The molecule has 6 heteroatoms. The molecule has 1 aromatic heterocycles. The maximum absolute atomic E-state index is 13.9. The Morgan fingerprint density at radius 1 is 1.06 bits per heavy atom. The van der Waals surface area contributed by atoms with Crippen molar-refractivity contribution in [3.63, 3.8) is 0 Å². The summed E-state index contributed by atoms with van der Waals surface area (Å²) in [6.07, 6.45) is 5.90. The van der Waals surface area contributed by atoms with E-state index in [-0.39, 0.29) is 17.6 Å². The topological polar surface area (TPSA) is 71.8 Å². The largest absolute Gasteiger partial charge is 0.497 e. The van der Waals surface area contributed by atoms with Gasteiger partial charge in [0.1, 0.15) is 17.6 Å². The number of furan rings is 1. The van der Waals surface area contributed by atoms with E-state index in [9.17, 15) is 9.59 Å². The van der Waals surface area contributed by atoms with Gasteiger partial charge in [-0.25, -0.2) is 0 Å². The van der Waals surface area contributed by atoms with Crippen LogP contribution in [0.5, 0.6) is 5.75 Å². The maximum atomic E-state index is 13.9. The van der Waals surface area contributed by atoms with Gasteiger partial charge in [0.15, 0.2) is 5.78 Å². The number of fused-ring (bicyclic) bond motifs is 1. The van der Waals surface area contributed by atoms with Gasteiger partial charge in [-0.2, -0.15) is 0 Å². The zero-order chi connectivity index (χ0) is 25.1. The lowest BCUT2D eigenvalue weighted by Gasteiger charge is -2.33. The Morgan fingerprint density at radius 2 is 1.86 bits per heavy atom. The van der Waals surface area contributed by atoms with Crippen molar-refractivity contribution in [2.24, 2.45) is 0 Å². The lowest BCUT2D eigenvalue weighted by Crippen LogP contribution is -2.38. The molecule has 6 nitrogen and oxygen atoms in total. The maximum Gasteiger partial charge on any atom is 0.228 e. The summed E-state index contributed by atoms with van der Waals surface area (Å²) in [4.78, 5) is 29.4. The van der Waals surface area contributed by atoms with E-state index in [0.717, 1.165) is 47.6 Å². The molecule has 3 aromatic rings. The highest BCUT2D eigenvalue weighted by Gasteiger charge is 2.42. The number of hydrogen-bond donors (Lipinski definition) is 1. The summed E-state index contributed by atoms with van der Waals surface area (Å²) in [5.74, 6) is 1.45. The number of carbonyl (C=O) groups excluding carboxylic acids is 2. The predicted molar refractivity (Wildman–Crippen MR) is 140 cm³/mol. The molecule has 0 fully saturated rings. The van der Waals surface area contributed by atoms with E-state index in [4.69, 9.17) is 9.15 Å². The van der Waals surface area contributed by atoms with Gasteiger partial charge in [0, 0.05) is 24.1 Å². The van der Waals surface area contributed by atoms with Gasteiger partial charge in [0.05, 0.1) is 24.7 Å². The number of amides is 1. The zero-order valence-electron chi connectivity index (χ0n) is 20.8. The number of carbonyl (C=O) groups is 2. The second kappa shape index (κ2) is 10.4. The van der Waals surface area contributed by atoms with E-state index in [1.54, 1.807) is 18.3 Å². The number of nitrogens with zero attached hydrogens (tertiary/aromatic N) is 1. The number of ketones is 1. The van der Waals surface area contributed by atoms with E-state index in [1.807, 2.05) is 60.7 Å². The highest BCUT2D eigenvalue weighted by molar-refractivity contribution is 6.06. The molecule has 0 radical (unpaired) electrons. The number of unbranched alkanes of at least 4 members (excludes halogenated alkanes) is 2. The van der Waals surface area contributed by atoms with Gasteiger partial charge in [-0.1, -0.05) is 44.0 Å². The third-order valence-electron chi connectivity index (χ3n) is 7.15. The molecule has 1 N–H and O–H groups in total. The average Bonchev–Trinajstić information content (AvgIpc) is 3.38. The van der Waals surface area contributed by atoms with Crippen LogP contribution in [0.15, 0.2) is 82.6 Å². The van der Waals surface area contributed by atoms with E-state index >= 15 is 0 Å². The molecule has 2 aliphatic rings. The highest BCUT2D eigenvalue weighted by Crippen LogP contribution is 2.47. The van der Waals surface area contributed by atoms with Crippen molar-refractivity contribution in [1.82, 2.24) is 0 Å². The van der Waals surface area contributed by atoms with Crippen LogP contribution in [0, 0.1) is 0 Å². The number of nitrogens with one attached hydrogen (secondary N) is 1. The van der Waals surface area contributed by atoms with Crippen LogP contribution in [0.4, 0.5) is 11.4 Å². The molecule has 2 atom stereocenters. The number of benzene rings is 2. The molecule has 186 valence electrons. The molecular formula is C30H32N2O4. The number of methoxy groups -OCH3 is 1. The van der Waals surface area contributed by atoms with Gasteiger partial charge in [-0.15, -0.1) is 0 Å². The average molecular weight is 485 g/mol. The minimum absolute atomic E-state index is 0.00192. The molecule has 0 bridgehead atoms. The normalized spacial score (nSPS) is 19.3. The van der Waals surface area contributed by atoms with Crippen LogP contribution in [-0.4, -0.2) is 18.8 Å².